The quantitative estimate of drug-likeness (QED) is 0.464. The maximum Gasteiger partial charge on any atom is 0.258 e. The Morgan fingerprint density at radius 1 is 1.34 bits per heavy atom. The van der Waals surface area contributed by atoms with Gasteiger partial charge in [0.25, 0.3) is 5.91 Å². The highest BCUT2D eigenvalue weighted by Gasteiger charge is 2.23. The van der Waals surface area contributed by atoms with Crippen LogP contribution in [0.3, 0.4) is 0 Å². The normalized spacial score (nSPS) is 16.5. The first-order valence-corrected chi connectivity index (χ1v) is 10.9. The number of hydrogen-bond acceptors (Lipinski definition) is 8. The molecule has 2 N–H and O–H groups in total. The zero-order valence-electron chi connectivity index (χ0n) is 18.2. The van der Waals surface area contributed by atoms with Crippen LogP contribution in [0, 0.1) is 6.92 Å². The number of nitrogens with zero attached hydrogens (tertiary/aromatic N) is 3. The number of rotatable bonds is 12. The lowest BCUT2D eigenvalue weighted by molar-refractivity contribution is -0.123. The minimum absolute atomic E-state index is 0.00622. The Kier molecular flexibility index (Phi) is 9.21. The first kappa shape index (κ1) is 23.9. The molecular formula is C22H28ClN5O4. The summed E-state index contributed by atoms with van der Waals surface area (Å²) in [6.45, 7) is 3.14. The van der Waals surface area contributed by atoms with Crippen LogP contribution >= 0.6 is 11.6 Å². The molecule has 1 aliphatic rings. The lowest BCUT2D eigenvalue weighted by Gasteiger charge is -2.15. The molecular weight excluding hydrogens is 434 g/mol. The van der Waals surface area contributed by atoms with E-state index in [-0.39, 0.29) is 24.5 Å². The highest BCUT2D eigenvalue weighted by atomic mass is 35.5. The lowest BCUT2D eigenvalue weighted by atomic mass is 10.0. The van der Waals surface area contributed by atoms with Crippen molar-refractivity contribution in [3.63, 3.8) is 0 Å². The van der Waals surface area contributed by atoms with Crippen molar-refractivity contribution in [1.29, 1.82) is 0 Å². The highest BCUT2D eigenvalue weighted by molar-refractivity contribution is 6.31. The van der Waals surface area contributed by atoms with Gasteiger partial charge in [0, 0.05) is 17.3 Å². The van der Waals surface area contributed by atoms with Crippen molar-refractivity contribution in [1.82, 2.24) is 25.8 Å². The van der Waals surface area contributed by atoms with Gasteiger partial charge in [-0.1, -0.05) is 23.8 Å². The fraction of sp³-hybridized carbons (Fsp3) is 0.455. The van der Waals surface area contributed by atoms with Gasteiger partial charge in [0.2, 0.25) is 11.8 Å². The minimum atomic E-state index is -0.373. The molecule has 1 unspecified atom stereocenters. The van der Waals surface area contributed by atoms with Crippen LogP contribution in [0.4, 0.5) is 0 Å². The van der Waals surface area contributed by atoms with Crippen LogP contribution in [0.25, 0.3) is 0 Å². The number of hydrogen-bond donors (Lipinski definition) is 2. The molecule has 0 fully saturated rings. The van der Waals surface area contributed by atoms with Crippen LogP contribution in [-0.2, 0) is 9.53 Å². The number of aryl methyl sites for hydroxylation is 1. The number of pyridine rings is 1. The predicted octanol–water partition coefficient (Wildman–Crippen LogP) is 2.80. The van der Waals surface area contributed by atoms with E-state index in [9.17, 15) is 4.79 Å². The number of carbonyl (C=O) groups is 1. The SMILES string of the molecule is CNCC[C@H](OCCNC(=O)COc1ccc(C)nc1)c1nnc(C2C=CC(Cl)=CC2)o1. The van der Waals surface area contributed by atoms with E-state index in [0.29, 0.717) is 48.6 Å². The van der Waals surface area contributed by atoms with E-state index < -0.39 is 0 Å². The van der Waals surface area contributed by atoms with Crippen LogP contribution in [0.15, 0.2) is 46.0 Å². The molecule has 32 heavy (non-hydrogen) atoms. The van der Waals surface area contributed by atoms with E-state index in [2.05, 4.69) is 25.8 Å². The van der Waals surface area contributed by atoms with Gasteiger partial charge in [0.05, 0.1) is 18.7 Å². The van der Waals surface area contributed by atoms with Gasteiger partial charge in [0.1, 0.15) is 11.9 Å². The molecule has 0 bridgehead atoms. The molecule has 0 radical (unpaired) electrons. The summed E-state index contributed by atoms with van der Waals surface area (Å²) in [6.07, 6.45) is 8.29. The van der Waals surface area contributed by atoms with Crippen LogP contribution in [0.2, 0.25) is 0 Å². The summed E-state index contributed by atoms with van der Waals surface area (Å²) in [5.41, 5.74) is 0.886. The fourth-order valence-corrected chi connectivity index (χ4v) is 3.15. The van der Waals surface area contributed by atoms with E-state index in [1.807, 2.05) is 38.3 Å². The van der Waals surface area contributed by atoms with Gasteiger partial charge in [-0.25, -0.2) is 0 Å². The summed E-state index contributed by atoms with van der Waals surface area (Å²) >= 11 is 5.97. The van der Waals surface area contributed by atoms with Crippen molar-refractivity contribution in [2.24, 2.45) is 0 Å². The van der Waals surface area contributed by atoms with E-state index in [4.69, 9.17) is 25.5 Å². The lowest BCUT2D eigenvalue weighted by Crippen LogP contribution is -2.32. The molecule has 0 spiro atoms. The molecule has 0 saturated heterocycles. The molecule has 9 nitrogen and oxygen atoms in total. The third-order valence-corrected chi connectivity index (χ3v) is 5.04. The second-order valence-electron chi connectivity index (χ2n) is 7.29. The van der Waals surface area contributed by atoms with Gasteiger partial charge in [0.15, 0.2) is 6.61 Å². The smallest absolute Gasteiger partial charge is 0.258 e. The van der Waals surface area contributed by atoms with Crippen LogP contribution < -0.4 is 15.4 Å². The van der Waals surface area contributed by atoms with Gasteiger partial charge < -0.3 is 24.5 Å². The van der Waals surface area contributed by atoms with Gasteiger partial charge in [-0.3, -0.25) is 9.78 Å². The molecule has 172 valence electrons. The predicted molar refractivity (Wildman–Crippen MR) is 119 cm³/mol. The largest absolute Gasteiger partial charge is 0.482 e. The number of carbonyl (C=O) groups excluding carboxylic acids is 1. The summed E-state index contributed by atoms with van der Waals surface area (Å²) in [7, 11) is 1.86. The van der Waals surface area contributed by atoms with Crippen molar-refractivity contribution < 1.29 is 18.7 Å². The standard InChI is InChI=1S/C22H28ClN5O4/c1-15-3-8-18(13-26-15)31-14-20(29)25-11-12-30-19(9-10-24-2)22-28-27-21(32-22)16-4-6-17(23)7-5-16/h3-4,6-8,13,16,19,24H,5,9-12,14H2,1-2H3,(H,25,29)/t16?,19-/m0/s1. The average Bonchev–Trinajstić information content (AvgIpc) is 3.29. The number of ether oxygens (including phenoxy) is 2. The molecule has 2 aromatic heterocycles. The van der Waals surface area contributed by atoms with Crippen LogP contribution in [0.5, 0.6) is 5.75 Å². The molecule has 0 aromatic carbocycles. The van der Waals surface area contributed by atoms with E-state index in [1.54, 1.807) is 12.3 Å². The van der Waals surface area contributed by atoms with E-state index >= 15 is 0 Å². The second kappa shape index (κ2) is 12.3. The summed E-state index contributed by atoms with van der Waals surface area (Å²) in [4.78, 5) is 16.1. The van der Waals surface area contributed by atoms with Gasteiger partial charge in [-0.05, 0) is 51.6 Å². The van der Waals surface area contributed by atoms with Crippen LogP contribution in [-0.4, -0.2) is 54.4 Å². The monoisotopic (exact) mass is 461 g/mol. The molecule has 1 amide bonds. The average molecular weight is 462 g/mol. The molecule has 10 heteroatoms. The maximum atomic E-state index is 12.0. The second-order valence-corrected chi connectivity index (χ2v) is 7.73. The number of aromatic nitrogens is 3. The van der Waals surface area contributed by atoms with Crippen LogP contribution in [0.1, 0.15) is 42.3 Å². The van der Waals surface area contributed by atoms with Crippen molar-refractivity contribution >= 4 is 17.5 Å². The maximum absolute atomic E-state index is 12.0. The van der Waals surface area contributed by atoms with Gasteiger partial charge in [-0.2, -0.15) is 0 Å². The molecule has 0 aliphatic heterocycles. The highest BCUT2D eigenvalue weighted by Crippen LogP contribution is 2.29. The number of nitrogens with one attached hydrogen (secondary N) is 2. The number of halogens is 1. The molecule has 3 rings (SSSR count). The summed E-state index contributed by atoms with van der Waals surface area (Å²) in [6, 6.07) is 3.60. The van der Waals surface area contributed by atoms with Crippen molar-refractivity contribution in [2.75, 3.05) is 33.4 Å². The Balaban J connectivity index is 1.44. The van der Waals surface area contributed by atoms with Gasteiger partial charge >= 0.3 is 0 Å². The summed E-state index contributed by atoms with van der Waals surface area (Å²) < 4.78 is 17.2. The Labute approximate surface area is 192 Å². The molecule has 2 atom stereocenters. The Morgan fingerprint density at radius 3 is 2.94 bits per heavy atom. The Bertz CT molecular complexity index is 929. The third-order valence-electron chi connectivity index (χ3n) is 4.76. The zero-order chi connectivity index (χ0) is 22.8. The topological polar surface area (TPSA) is 111 Å². The van der Waals surface area contributed by atoms with Crippen molar-refractivity contribution in [3.8, 4) is 5.75 Å². The minimum Gasteiger partial charge on any atom is -0.482 e. The molecule has 2 aromatic rings. The molecule has 0 saturated carbocycles. The third kappa shape index (κ3) is 7.44. The summed E-state index contributed by atoms with van der Waals surface area (Å²) in [5, 5.41) is 14.9. The molecule has 2 heterocycles. The van der Waals surface area contributed by atoms with E-state index in [1.165, 1.54) is 0 Å². The Hall–Kier alpha value is -2.75. The number of amides is 1. The van der Waals surface area contributed by atoms with Crippen molar-refractivity contribution in [3.05, 3.63) is 59.1 Å². The zero-order valence-corrected chi connectivity index (χ0v) is 19.0. The summed E-state index contributed by atoms with van der Waals surface area (Å²) in [5.74, 6) is 1.27. The van der Waals surface area contributed by atoms with Gasteiger partial charge in [-0.15, -0.1) is 10.2 Å². The van der Waals surface area contributed by atoms with Crippen molar-refractivity contribution in [2.45, 2.75) is 31.8 Å². The first-order chi connectivity index (χ1) is 15.5. The van der Waals surface area contributed by atoms with E-state index in [0.717, 1.165) is 12.2 Å². The number of allylic oxidation sites excluding steroid dienone is 4. The fourth-order valence-electron chi connectivity index (χ4n) is 2.99. The molecule has 1 aliphatic carbocycles. The first-order valence-electron chi connectivity index (χ1n) is 10.5. The Morgan fingerprint density at radius 2 is 2.22 bits per heavy atom.